The molecular formula is C20H16ClN3O3S. The second-order valence-corrected chi connectivity index (χ2v) is 8.09. The van der Waals surface area contributed by atoms with Gasteiger partial charge in [0.2, 0.25) is 5.88 Å². The van der Waals surface area contributed by atoms with Crippen LogP contribution in [0.4, 0.5) is 5.69 Å². The number of aliphatic imine (C=N–C) groups is 1. The Labute approximate surface area is 169 Å². The van der Waals surface area contributed by atoms with Crippen LogP contribution in [0.2, 0.25) is 5.02 Å². The Kier molecular flexibility index (Phi) is 4.87. The van der Waals surface area contributed by atoms with Crippen molar-refractivity contribution in [3.05, 3.63) is 85.5 Å². The van der Waals surface area contributed by atoms with E-state index in [4.69, 9.17) is 11.6 Å². The minimum Gasteiger partial charge on any atom is -0.494 e. The Hall–Kier alpha value is -2.77. The highest BCUT2D eigenvalue weighted by molar-refractivity contribution is 7.99. The standard InChI is InChI=1S/C20H16ClN3O3S/c1-24-19(26)17(18(25)23-20(24)27)14-10-16(11-6-8-12(21)9-7-11)28-15-5-3-2-4-13(15)22-14/h2-9,16,26H,10H2,1H3,(H,23,25,27). The van der Waals surface area contributed by atoms with Gasteiger partial charge in [-0.1, -0.05) is 35.9 Å². The maximum Gasteiger partial charge on any atom is 0.330 e. The van der Waals surface area contributed by atoms with Crippen LogP contribution >= 0.6 is 23.4 Å². The zero-order valence-corrected chi connectivity index (χ0v) is 16.4. The molecule has 0 radical (unpaired) electrons. The lowest BCUT2D eigenvalue weighted by Crippen LogP contribution is -2.32. The lowest BCUT2D eigenvalue weighted by Gasteiger charge is -2.16. The largest absolute Gasteiger partial charge is 0.494 e. The molecule has 6 nitrogen and oxygen atoms in total. The van der Waals surface area contributed by atoms with Gasteiger partial charge in [0.05, 0.1) is 11.4 Å². The van der Waals surface area contributed by atoms with Crippen molar-refractivity contribution in [2.45, 2.75) is 16.6 Å². The SMILES string of the molecule is Cn1c(O)c(C2=Nc3ccccc3SC(c3ccc(Cl)cc3)C2)c(=O)[nH]c1=O. The third kappa shape index (κ3) is 3.39. The molecule has 2 heterocycles. The van der Waals surface area contributed by atoms with Crippen LogP contribution in [0.5, 0.6) is 5.88 Å². The molecule has 1 unspecified atom stereocenters. The number of hydrogen-bond donors (Lipinski definition) is 2. The molecule has 1 aromatic heterocycles. The molecule has 1 atom stereocenters. The molecular weight excluding hydrogens is 398 g/mol. The quantitative estimate of drug-likeness (QED) is 0.669. The molecule has 1 aliphatic heterocycles. The Morgan fingerprint density at radius 2 is 1.89 bits per heavy atom. The highest BCUT2D eigenvalue weighted by atomic mass is 35.5. The normalized spacial score (nSPS) is 16.2. The van der Waals surface area contributed by atoms with Gasteiger partial charge in [-0.05, 0) is 29.8 Å². The van der Waals surface area contributed by atoms with Crippen molar-refractivity contribution >= 4 is 34.8 Å². The number of nitrogens with zero attached hydrogens (tertiary/aromatic N) is 2. The van der Waals surface area contributed by atoms with Crippen LogP contribution in [-0.4, -0.2) is 20.4 Å². The van der Waals surface area contributed by atoms with Crippen LogP contribution in [0.15, 0.2) is 68.0 Å². The minimum atomic E-state index is -0.676. The van der Waals surface area contributed by atoms with E-state index in [2.05, 4.69) is 9.98 Å². The first-order valence-corrected chi connectivity index (χ1v) is 9.81. The molecule has 0 amide bonds. The number of rotatable bonds is 2. The maximum atomic E-state index is 12.5. The maximum absolute atomic E-state index is 12.5. The molecule has 8 heteroatoms. The lowest BCUT2D eigenvalue weighted by atomic mass is 10.0. The first-order chi connectivity index (χ1) is 13.4. The lowest BCUT2D eigenvalue weighted by molar-refractivity contribution is 0.416. The number of fused-ring (bicyclic) bond motifs is 1. The van der Waals surface area contributed by atoms with Crippen molar-refractivity contribution in [2.75, 3.05) is 0 Å². The zero-order chi connectivity index (χ0) is 19.8. The van der Waals surface area contributed by atoms with Gasteiger partial charge in [0, 0.05) is 28.6 Å². The molecule has 3 aromatic rings. The monoisotopic (exact) mass is 413 g/mol. The van der Waals surface area contributed by atoms with Crippen molar-refractivity contribution in [2.24, 2.45) is 12.0 Å². The van der Waals surface area contributed by atoms with E-state index in [-0.39, 0.29) is 10.8 Å². The summed E-state index contributed by atoms with van der Waals surface area (Å²) in [7, 11) is 1.40. The first kappa shape index (κ1) is 18.6. The molecule has 0 saturated heterocycles. The Balaban J connectivity index is 1.90. The number of aromatic hydroxyl groups is 1. The number of aromatic amines is 1. The summed E-state index contributed by atoms with van der Waals surface area (Å²) in [6.07, 6.45) is 0.399. The summed E-state index contributed by atoms with van der Waals surface area (Å²) in [5.74, 6) is -0.397. The predicted molar refractivity (Wildman–Crippen MR) is 111 cm³/mol. The van der Waals surface area contributed by atoms with Crippen LogP contribution < -0.4 is 11.2 Å². The fourth-order valence-electron chi connectivity index (χ4n) is 3.10. The number of thioether (sulfide) groups is 1. The molecule has 142 valence electrons. The Morgan fingerprint density at radius 1 is 1.18 bits per heavy atom. The smallest absolute Gasteiger partial charge is 0.330 e. The van der Waals surface area contributed by atoms with Crippen LogP contribution in [0.25, 0.3) is 0 Å². The summed E-state index contributed by atoms with van der Waals surface area (Å²) in [5, 5.41) is 11.1. The summed E-state index contributed by atoms with van der Waals surface area (Å²) in [4.78, 5) is 32.1. The van der Waals surface area contributed by atoms with Gasteiger partial charge < -0.3 is 5.11 Å². The average molecular weight is 414 g/mol. The molecule has 0 spiro atoms. The van der Waals surface area contributed by atoms with Gasteiger partial charge in [-0.25, -0.2) is 4.79 Å². The molecule has 4 rings (SSSR count). The van der Waals surface area contributed by atoms with E-state index < -0.39 is 17.1 Å². The number of nitrogens with one attached hydrogen (secondary N) is 1. The average Bonchev–Trinajstić information content (AvgIpc) is 2.86. The Bertz CT molecular complexity index is 1200. The van der Waals surface area contributed by atoms with Crippen LogP contribution in [0, 0.1) is 0 Å². The molecule has 0 aliphatic carbocycles. The molecule has 0 fully saturated rings. The second-order valence-electron chi connectivity index (χ2n) is 6.41. The molecule has 1 aliphatic rings. The number of H-pyrrole nitrogens is 1. The van der Waals surface area contributed by atoms with Gasteiger partial charge in [-0.15, -0.1) is 11.8 Å². The van der Waals surface area contributed by atoms with Gasteiger partial charge in [0.15, 0.2) is 0 Å². The number of halogens is 1. The van der Waals surface area contributed by atoms with Crippen molar-refractivity contribution < 1.29 is 5.11 Å². The van der Waals surface area contributed by atoms with E-state index in [0.717, 1.165) is 15.0 Å². The highest BCUT2D eigenvalue weighted by Gasteiger charge is 2.26. The molecule has 28 heavy (non-hydrogen) atoms. The molecule has 2 aromatic carbocycles. The van der Waals surface area contributed by atoms with Crippen LogP contribution in [0.1, 0.15) is 22.8 Å². The zero-order valence-electron chi connectivity index (χ0n) is 14.8. The third-order valence-electron chi connectivity index (χ3n) is 4.59. The molecule has 0 saturated carbocycles. The van der Waals surface area contributed by atoms with Gasteiger partial charge in [-0.2, -0.15) is 0 Å². The number of benzene rings is 2. The van der Waals surface area contributed by atoms with E-state index in [9.17, 15) is 14.7 Å². The fourth-order valence-corrected chi connectivity index (χ4v) is 4.46. The summed E-state index contributed by atoms with van der Waals surface area (Å²) in [6.45, 7) is 0. The summed E-state index contributed by atoms with van der Waals surface area (Å²) in [6, 6.07) is 15.2. The predicted octanol–water partition coefficient (Wildman–Crippen LogP) is 3.79. The molecule has 0 bridgehead atoms. The topological polar surface area (TPSA) is 87.4 Å². The van der Waals surface area contributed by atoms with E-state index in [0.29, 0.717) is 22.8 Å². The van der Waals surface area contributed by atoms with Crippen molar-refractivity contribution in [1.82, 2.24) is 9.55 Å². The number of para-hydroxylation sites is 1. The van der Waals surface area contributed by atoms with Crippen molar-refractivity contribution in [3.63, 3.8) is 0 Å². The van der Waals surface area contributed by atoms with E-state index in [1.807, 2.05) is 48.5 Å². The summed E-state index contributed by atoms with van der Waals surface area (Å²) < 4.78 is 1.00. The first-order valence-electron chi connectivity index (χ1n) is 8.55. The highest BCUT2D eigenvalue weighted by Crippen LogP contribution is 2.45. The van der Waals surface area contributed by atoms with Gasteiger partial charge in [0.1, 0.15) is 5.56 Å². The van der Waals surface area contributed by atoms with Crippen LogP contribution in [0.3, 0.4) is 0 Å². The fraction of sp³-hybridized carbons (Fsp3) is 0.150. The van der Waals surface area contributed by atoms with E-state index in [1.54, 1.807) is 11.8 Å². The molecule has 2 N–H and O–H groups in total. The second kappa shape index (κ2) is 7.33. The van der Waals surface area contributed by atoms with E-state index in [1.165, 1.54) is 7.05 Å². The number of hydrogen-bond acceptors (Lipinski definition) is 5. The van der Waals surface area contributed by atoms with Crippen LogP contribution in [-0.2, 0) is 7.05 Å². The third-order valence-corrected chi connectivity index (χ3v) is 6.17. The van der Waals surface area contributed by atoms with Gasteiger partial charge >= 0.3 is 5.69 Å². The van der Waals surface area contributed by atoms with Gasteiger partial charge in [0.25, 0.3) is 5.56 Å². The van der Waals surface area contributed by atoms with Gasteiger partial charge in [-0.3, -0.25) is 19.3 Å². The Morgan fingerprint density at radius 3 is 2.64 bits per heavy atom. The number of aromatic nitrogens is 2. The van der Waals surface area contributed by atoms with Crippen molar-refractivity contribution in [1.29, 1.82) is 0 Å². The summed E-state index contributed by atoms with van der Waals surface area (Å²) in [5.41, 5.74) is 0.847. The van der Waals surface area contributed by atoms with Crippen molar-refractivity contribution in [3.8, 4) is 5.88 Å². The summed E-state index contributed by atoms with van der Waals surface area (Å²) >= 11 is 7.66. The van der Waals surface area contributed by atoms with E-state index >= 15 is 0 Å². The minimum absolute atomic E-state index is 0.0124.